The van der Waals surface area contributed by atoms with Crippen molar-refractivity contribution < 1.29 is 9.21 Å². The van der Waals surface area contributed by atoms with Gasteiger partial charge < -0.3 is 4.42 Å². The van der Waals surface area contributed by atoms with E-state index in [1.807, 2.05) is 32.9 Å². The van der Waals surface area contributed by atoms with Gasteiger partial charge in [-0.1, -0.05) is 11.6 Å². The van der Waals surface area contributed by atoms with Gasteiger partial charge in [-0.05, 0) is 32.9 Å². The van der Waals surface area contributed by atoms with E-state index in [0.717, 1.165) is 16.2 Å². The van der Waals surface area contributed by atoms with E-state index < -0.39 is 0 Å². The van der Waals surface area contributed by atoms with Gasteiger partial charge in [0, 0.05) is 16.9 Å². The van der Waals surface area contributed by atoms with Gasteiger partial charge in [-0.3, -0.25) is 4.79 Å². The van der Waals surface area contributed by atoms with Crippen LogP contribution >= 0.6 is 22.9 Å². The average Bonchev–Trinajstić information content (AvgIpc) is 2.73. The lowest BCUT2D eigenvalue weighted by molar-refractivity contribution is 0.0992. The molecular weight excluding hydrogens is 256 g/mol. The molecule has 0 aliphatic heterocycles. The molecule has 2 aromatic heterocycles. The third kappa shape index (κ3) is 2.45. The Hall–Kier alpha value is -1.06. The molecule has 0 bridgehead atoms. The summed E-state index contributed by atoms with van der Waals surface area (Å²) in [4.78, 5) is 13.2. The number of thiophene rings is 1. The van der Waals surface area contributed by atoms with E-state index in [0.29, 0.717) is 22.1 Å². The van der Waals surface area contributed by atoms with E-state index in [2.05, 4.69) is 0 Å². The van der Waals surface area contributed by atoms with Crippen molar-refractivity contribution in [3.05, 3.63) is 44.0 Å². The van der Waals surface area contributed by atoms with E-state index in [-0.39, 0.29) is 5.78 Å². The van der Waals surface area contributed by atoms with E-state index in [9.17, 15) is 4.79 Å². The summed E-state index contributed by atoms with van der Waals surface area (Å²) in [5, 5.41) is 0. The molecule has 0 fully saturated rings. The van der Waals surface area contributed by atoms with Crippen molar-refractivity contribution in [3.8, 4) is 0 Å². The van der Waals surface area contributed by atoms with Crippen LogP contribution in [0.2, 0.25) is 4.34 Å². The fraction of sp³-hybridized carbons (Fsp3) is 0.308. The Balaban J connectivity index is 2.26. The molecule has 0 spiro atoms. The molecule has 0 amide bonds. The second kappa shape index (κ2) is 4.67. The summed E-state index contributed by atoms with van der Waals surface area (Å²) < 4.78 is 6.18. The standard InChI is InChI=1S/C13H13ClO2S/c1-7-8(2)16-9(3)13(7)11(15)6-10-4-5-12(14)17-10/h4-5H,6H2,1-3H3. The Labute approximate surface area is 109 Å². The second-order valence-corrected chi connectivity index (χ2v) is 5.82. The minimum absolute atomic E-state index is 0.0929. The predicted octanol–water partition coefficient (Wildman–Crippen LogP) is 4.35. The molecule has 0 saturated carbocycles. The molecule has 0 aliphatic rings. The maximum absolute atomic E-state index is 12.2. The highest BCUT2D eigenvalue weighted by atomic mass is 35.5. The second-order valence-electron chi connectivity index (χ2n) is 4.02. The van der Waals surface area contributed by atoms with Crippen molar-refractivity contribution in [2.75, 3.05) is 0 Å². The van der Waals surface area contributed by atoms with E-state index in [1.54, 1.807) is 0 Å². The van der Waals surface area contributed by atoms with Crippen LogP contribution in [0.25, 0.3) is 0 Å². The SMILES string of the molecule is Cc1oc(C)c(C(=O)Cc2ccc(Cl)s2)c1C. The lowest BCUT2D eigenvalue weighted by Gasteiger charge is -1.99. The van der Waals surface area contributed by atoms with Gasteiger partial charge in [0.25, 0.3) is 0 Å². The van der Waals surface area contributed by atoms with Crippen LogP contribution < -0.4 is 0 Å². The van der Waals surface area contributed by atoms with Crippen LogP contribution in [0.3, 0.4) is 0 Å². The molecule has 0 unspecified atom stereocenters. The van der Waals surface area contributed by atoms with Gasteiger partial charge in [0.05, 0.1) is 9.90 Å². The number of carbonyl (C=O) groups excluding carboxylic acids is 1. The molecule has 2 rings (SSSR count). The molecule has 0 saturated heterocycles. The summed E-state index contributed by atoms with van der Waals surface area (Å²) in [6, 6.07) is 3.71. The largest absolute Gasteiger partial charge is 0.466 e. The zero-order chi connectivity index (χ0) is 12.6. The van der Waals surface area contributed by atoms with Crippen molar-refractivity contribution in [3.63, 3.8) is 0 Å². The highest BCUT2D eigenvalue weighted by molar-refractivity contribution is 7.16. The molecule has 0 atom stereocenters. The number of hydrogen-bond donors (Lipinski definition) is 0. The van der Waals surface area contributed by atoms with Crippen molar-refractivity contribution in [2.24, 2.45) is 0 Å². The summed E-state index contributed by atoms with van der Waals surface area (Å²) in [6.45, 7) is 5.62. The first-order chi connectivity index (χ1) is 7.99. The van der Waals surface area contributed by atoms with Crippen LogP contribution in [-0.2, 0) is 6.42 Å². The van der Waals surface area contributed by atoms with Gasteiger partial charge in [-0.25, -0.2) is 0 Å². The highest BCUT2D eigenvalue weighted by Crippen LogP contribution is 2.26. The summed E-state index contributed by atoms with van der Waals surface area (Å²) in [5.74, 6) is 1.61. The number of carbonyl (C=O) groups is 1. The molecule has 0 radical (unpaired) electrons. The van der Waals surface area contributed by atoms with E-state index in [1.165, 1.54) is 11.3 Å². The first-order valence-corrected chi connectivity index (χ1v) is 6.52. The normalized spacial score (nSPS) is 10.8. The predicted molar refractivity (Wildman–Crippen MR) is 70.3 cm³/mol. The van der Waals surface area contributed by atoms with Gasteiger partial charge in [-0.2, -0.15) is 0 Å². The van der Waals surface area contributed by atoms with Gasteiger partial charge in [0.2, 0.25) is 0 Å². The lowest BCUT2D eigenvalue weighted by Crippen LogP contribution is -2.04. The third-order valence-corrected chi connectivity index (χ3v) is 4.03. The Morgan fingerprint density at radius 1 is 1.29 bits per heavy atom. The zero-order valence-corrected chi connectivity index (χ0v) is 11.5. The molecule has 0 N–H and O–H groups in total. The summed E-state index contributed by atoms with van der Waals surface area (Å²) in [6.07, 6.45) is 0.387. The molecule has 2 heterocycles. The van der Waals surface area contributed by atoms with Gasteiger partial charge in [0.15, 0.2) is 5.78 Å². The summed E-state index contributed by atoms with van der Waals surface area (Å²) in [5.41, 5.74) is 1.65. The molecular formula is C13H13ClO2S. The zero-order valence-electron chi connectivity index (χ0n) is 9.96. The topological polar surface area (TPSA) is 30.2 Å². The number of rotatable bonds is 3. The van der Waals surface area contributed by atoms with Crippen LogP contribution in [0.5, 0.6) is 0 Å². The van der Waals surface area contributed by atoms with Crippen molar-refractivity contribution in [1.29, 1.82) is 0 Å². The van der Waals surface area contributed by atoms with Crippen LogP contribution in [0, 0.1) is 20.8 Å². The minimum Gasteiger partial charge on any atom is -0.466 e. The minimum atomic E-state index is 0.0929. The van der Waals surface area contributed by atoms with Crippen LogP contribution in [0.1, 0.15) is 32.3 Å². The smallest absolute Gasteiger partial charge is 0.171 e. The molecule has 0 aliphatic carbocycles. The number of aryl methyl sites for hydroxylation is 2. The van der Waals surface area contributed by atoms with Gasteiger partial charge in [0.1, 0.15) is 11.5 Å². The van der Waals surface area contributed by atoms with Gasteiger partial charge in [-0.15, -0.1) is 11.3 Å². The summed E-state index contributed by atoms with van der Waals surface area (Å²) in [7, 11) is 0. The Morgan fingerprint density at radius 2 is 2.00 bits per heavy atom. The number of hydrogen-bond acceptors (Lipinski definition) is 3. The summed E-state index contributed by atoms with van der Waals surface area (Å²) >= 11 is 7.29. The van der Waals surface area contributed by atoms with E-state index in [4.69, 9.17) is 16.0 Å². The van der Waals surface area contributed by atoms with Gasteiger partial charge >= 0.3 is 0 Å². The van der Waals surface area contributed by atoms with E-state index >= 15 is 0 Å². The lowest BCUT2D eigenvalue weighted by atomic mass is 10.0. The van der Waals surface area contributed by atoms with Crippen molar-refractivity contribution in [2.45, 2.75) is 27.2 Å². The fourth-order valence-corrected chi connectivity index (χ4v) is 2.98. The first kappa shape index (κ1) is 12.4. The first-order valence-electron chi connectivity index (χ1n) is 5.33. The van der Waals surface area contributed by atoms with Crippen LogP contribution in [0.4, 0.5) is 0 Å². The number of Topliss-reactive ketones (excluding diaryl/α,β-unsaturated/α-hetero) is 1. The third-order valence-electron chi connectivity index (χ3n) is 2.80. The molecule has 4 heteroatoms. The highest BCUT2D eigenvalue weighted by Gasteiger charge is 2.19. The monoisotopic (exact) mass is 268 g/mol. The number of furan rings is 1. The van der Waals surface area contributed by atoms with Crippen molar-refractivity contribution in [1.82, 2.24) is 0 Å². The number of halogens is 1. The molecule has 2 aromatic rings. The maximum atomic E-state index is 12.2. The molecule has 2 nitrogen and oxygen atoms in total. The average molecular weight is 269 g/mol. The van der Waals surface area contributed by atoms with Crippen LogP contribution in [-0.4, -0.2) is 5.78 Å². The molecule has 90 valence electrons. The Bertz CT molecular complexity index is 566. The Morgan fingerprint density at radius 3 is 2.47 bits per heavy atom. The Kier molecular flexibility index (Phi) is 3.40. The van der Waals surface area contributed by atoms with Crippen LogP contribution in [0.15, 0.2) is 16.5 Å². The van der Waals surface area contributed by atoms with Crippen molar-refractivity contribution >= 4 is 28.7 Å². The molecule has 17 heavy (non-hydrogen) atoms. The quantitative estimate of drug-likeness (QED) is 0.775. The number of ketones is 1. The fourth-order valence-electron chi connectivity index (χ4n) is 1.90. The molecule has 0 aromatic carbocycles. The maximum Gasteiger partial charge on any atom is 0.171 e.